The lowest BCUT2D eigenvalue weighted by Gasteiger charge is -2.22. The monoisotopic (exact) mass is 249 g/mol. The van der Waals surface area contributed by atoms with Crippen LogP contribution < -0.4 is 11.5 Å². The zero-order chi connectivity index (χ0) is 10.3. The highest BCUT2D eigenvalue weighted by Crippen LogP contribution is 2.07. The van der Waals surface area contributed by atoms with Crippen LogP contribution in [0.4, 0.5) is 0 Å². The van der Waals surface area contributed by atoms with Crippen molar-refractivity contribution < 1.29 is 5.11 Å². The third-order valence-corrected chi connectivity index (χ3v) is 1.80. The van der Waals surface area contributed by atoms with Crippen molar-refractivity contribution in [2.45, 2.75) is 6.92 Å². The van der Waals surface area contributed by atoms with Crippen molar-refractivity contribution in [2.24, 2.45) is 11.5 Å². The fourth-order valence-corrected chi connectivity index (χ4v) is 1.21. The Morgan fingerprint density at radius 2 is 2.23 bits per heavy atom. The molecule has 0 aliphatic carbocycles. The Labute approximate surface area is 87.0 Å². The highest BCUT2D eigenvalue weighted by atomic mass is 79.9. The van der Waals surface area contributed by atoms with Crippen molar-refractivity contribution in [3.05, 3.63) is 22.6 Å². The lowest BCUT2D eigenvalue weighted by atomic mass is 10.3. The number of allylic oxidation sites excluding steroid dienone is 1. The van der Waals surface area contributed by atoms with E-state index in [4.69, 9.17) is 16.6 Å². The van der Waals surface area contributed by atoms with Gasteiger partial charge < -0.3 is 21.5 Å². The second-order valence-corrected chi connectivity index (χ2v) is 3.34. The van der Waals surface area contributed by atoms with E-state index < -0.39 is 0 Å². The molecule has 0 rings (SSSR count). The fraction of sp³-hybridized carbons (Fsp3) is 0.500. The molecule has 0 aliphatic rings. The van der Waals surface area contributed by atoms with Crippen LogP contribution in [-0.4, -0.2) is 29.7 Å². The standard InChI is InChI=1S/C8H16BrN3O/c1-2-12(3-4-13)7(6-10)5-8(9)11/h5-6,13H,2-4,10-11H2,1H3/b7-6+,8-5-. The topological polar surface area (TPSA) is 75.5 Å². The molecule has 0 radical (unpaired) electrons. The van der Waals surface area contributed by atoms with Gasteiger partial charge in [-0.2, -0.15) is 0 Å². The first kappa shape index (κ1) is 12.3. The third kappa shape index (κ3) is 4.80. The van der Waals surface area contributed by atoms with Gasteiger partial charge in [0.1, 0.15) is 0 Å². The minimum absolute atomic E-state index is 0.0984. The average Bonchev–Trinajstić information content (AvgIpc) is 2.10. The summed E-state index contributed by atoms with van der Waals surface area (Å²) in [6.45, 7) is 3.41. The first-order valence-corrected chi connectivity index (χ1v) is 4.85. The molecule has 5 heteroatoms. The van der Waals surface area contributed by atoms with Gasteiger partial charge in [-0.25, -0.2) is 0 Å². The molecule has 0 amide bonds. The van der Waals surface area contributed by atoms with Crippen LogP contribution in [0, 0.1) is 0 Å². The van der Waals surface area contributed by atoms with E-state index in [1.165, 1.54) is 6.20 Å². The molecule has 76 valence electrons. The van der Waals surface area contributed by atoms with E-state index in [1.54, 1.807) is 6.08 Å². The Hall–Kier alpha value is -0.680. The second kappa shape index (κ2) is 6.80. The maximum absolute atomic E-state index is 8.77. The van der Waals surface area contributed by atoms with Crippen molar-refractivity contribution >= 4 is 15.9 Å². The molecule has 4 nitrogen and oxygen atoms in total. The van der Waals surface area contributed by atoms with Crippen LogP contribution >= 0.6 is 15.9 Å². The van der Waals surface area contributed by atoms with E-state index in [2.05, 4.69) is 15.9 Å². The summed E-state index contributed by atoms with van der Waals surface area (Å²) in [5.74, 6) is 0. The van der Waals surface area contributed by atoms with Crippen LogP contribution in [0.3, 0.4) is 0 Å². The molecule has 0 heterocycles. The van der Waals surface area contributed by atoms with Crippen molar-refractivity contribution in [1.82, 2.24) is 4.90 Å². The third-order valence-electron chi connectivity index (χ3n) is 1.57. The summed E-state index contributed by atoms with van der Waals surface area (Å²) >= 11 is 3.12. The van der Waals surface area contributed by atoms with Crippen LogP contribution in [0.2, 0.25) is 0 Å². The molecule has 0 aromatic rings. The number of rotatable bonds is 5. The van der Waals surface area contributed by atoms with Crippen LogP contribution in [0.25, 0.3) is 0 Å². The molecule has 0 atom stereocenters. The predicted octanol–water partition coefficient (Wildman–Crippen LogP) is 0.296. The highest BCUT2D eigenvalue weighted by Gasteiger charge is 2.03. The van der Waals surface area contributed by atoms with Gasteiger partial charge >= 0.3 is 0 Å². The van der Waals surface area contributed by atoms with E-state index in [0.717, 1.165) is 12.2 Å². The van der Waals surface area contributed by atoms with Gasteiger partial charge in [-0.05, 0) is 28.9 Å². The molecule has 0 aliphatic heterocycles. The minimum Gasteiger partial charge on any atom is -0.403 e. The summed E-state index contributed by atoms with van der Waals surface area (Å²) < 4.78 is 0.514. The van der Waals surface area contributed by atoms with Crippen LogP contribution in [-0.2, 0) is 0 Å². The number of nitrogens with zero attached hydrogens (tertiary/aromatic N) is 1. The largest absolute Gasteiger partial charge is 0.403 e. The van der Waals surface area contributed by atoms with E-state index in [9.17, 15) is 0 Å². The maximum Gasteiger partial charge on any atom is 0.0775 e. The minimum atomic E-state index is 0.0984. The highest BCUT2D eigenvalue weighted by molar-refractivity contribution is 9.11. The molecule has 0 bridgehead atoms. The van der Waals surface area contributed by atoms with Gasteiger partial charge in [0.05, 0.1) is 16.9 Å². The van der Waals surface area contributed by atoms with Gasteiger partial charge in [0.2, 0.25) is 0 Å². The van der Waals surface area contributed by atoms with E-state index >= 15 is 0 Å². The number of hydrogen-bond donors (Lipinski definition) is 3. The lowest BCUT2D eigenvalue weighted by molar-refractivity contribution is 0.234. The van der Waals surface area contributed by atoms with Crippen LogP contribution in [0.15, 0.2) is 22.6 Å². The second-order valence-electron chi connectivity index (χ2n) is 2.42. The molecule has 0 aromatic carbocycles. The molecule has 0 spiro atoms. The summed E-state index contributed by atoms with van der Waals surface area (Å²) in [6, 6.07) is 0. The summed E-state index contributed by atoms with van der Waals surface area (Å²) in [5.41, 5.74) is 11.7. The zero-order valence-corrected chi connectivity index (χ0v) is 9.29. The van der Waals surface area contributed by atoms with E-state index in [1.807, 2.05) is 11.8 Å². The molecule has 0 saturated heterocycles. The number of aliphatic hydroxyl groups excluding tert-OH is 1. The van der Waals surface area contributed by atoms with Gasteiger partial charge in [-0.15, -0.1) is 0 Å². The number of likely N-dealkylation sites (N-methyl/N-ethyl adjacent to an activating group) is 1. The van der Waals surface area contributed by atoms with E-state index in [-0.39, 0.29) is 6.61 Å². The SMILES string of the molecule is CCN(CCO)C(/C=C(\N)Br)=C/N. The quantitative estimate of drug-likeness (QED) is 0.484. The fourth-order valence-electron chi connectivity index (χ4n) is 0.977. The van der Waals surface area contributed by atoms with Gasteiger partial charge in [-0.1, -0.05) is 0 Å². The van der Waals surface area contributed by atoms with Gasteiger partial charge in [0.15, 0.2) is 0 Å². The smallest absolute Gasteiger partial charge is 0.0775 e. The van der Waals surface area contributed by atoms with E-state index in [0.29, 0.717) is 11.2 Å². The maximum atomic E-state index is 8.77. The van der Waals surface area contributed by atoms with Crippen LogP contribution in [0.5, 0.6) is 0 Å². The Morgan fingerprint density at radius 3 is 2.54 bits per heavy atom. The summed E-state index contributed by atoms with van der Waals surface area (Å²) in [4.78, 5) is 1.92. The lowest BCUT2D eigenvalue weighted by Crippen LogP contribution is -2.26. The Morgan fingerprint density at radius 1 is 1.62 bits per heavy atom. The molecular weight excluding hydrogens is 234 g/mol. The molecular formula is C8H16BrN3O. The number of hydrogen-bond acceptors (Lipinski definition) is 4. The molecule has 13 heavy (non-hydrogen) atoms. The molecule has 0 saturated carbocycles. The van der Waals surface area contributed by atoms with Gasteiger partial charge in [-0.3, -0.25) is 0 Å². The normalized spacial score (nSPS) is 13.2. The summed E-state index contributed by atoms with van der Waals surface area (Å²) in [7, 11) is 0. The van der Waals surface area contributed by atoms with Crippen molar-refractivity contribution in [2.75, 3.05) is 19.7 Å². The average molecular weight is 250 g/mol. The molecule has 0 aromatic heterocycles. The number of halogens is 1. The summed E-state index contributed by atoms with van der Waals surface area (Å²) in [5, 5.41) is 8.77. The molecule has 5 N–H and O–H groups in total. The first-order valence-electron chi connectivity index (χ1n) is 4.06. The molecule has 0 fully saturated rings. The zero-order valence-electron chi connectivity index (χ0n) is 7.70. The predicted molar refractivity (Wildman–Crippen MR) is 57.8 cm³/mol. The summed E-state index contributed by atoms with van der Waals surface area (Å²) in [6.07, 6.45) is 3.17. The Kier molecular flexibility index (Phi) is 6.44. The van der Waals surface area contributed by atoms with Crippen LogP contribution in [0.1, 0.15) is 6.92 Å². The van der Waals surface area contributed by atoms with Crippen molar-refractivity contribution in [1.29, 1.82) is 0 Å². The van der Waals surface area contributed by atoms with Crippen molar-refractivity contribution in [3.63, 3.8) is 0 Å². The Balaban J connectivity index is 4.45. The van der Waals surface area contributed by atoms with Crippen molar-refractivity contribution in [3.8, 4) is 0 Å². The van der Waals surface area contributed by atoms with Gasteiger partial charge in [0, 0.05) is 19.3 Å². The molecule has 0 unspecified atom stereocenters. The Bertz CT molecular complexity index is 200. The van der Waals surface area contributed by atoms with Gasteiger partial charge in [0.25, 0.3) is 0 Å². The number of aliphatic hydroxyl groups is 1. The first-order chi connectivity index (χ1) is 6.15. The number of nitrogens with two attached hydrogens (primary N) is 2.